The van der Waals surface area contributed by atoms with Crippen molar-refractivity contribution in [1.82, 2.24) is 14.9 Å². The molecule has 1 unspecified atom stereocenters. The maximum atomic E-state index is 11.5. The molecule has 0 saturated carbocycles. The molecule has 0 bridgehead atoms. The zero-order chi connectivity index (χ0) is 11.8. The summed E-state index contributed by atoms with van der Waals surface area (Å²) < 4.78 is 2.15. The Morgan fingerprint density at radius 3 is 3.18 bits per heavy atom. The number of hydrogen-bond donors (Lipinski definition) is 1. The van der Waals surface area contributed by atoms with Gasteiger partial charge in [-0.3, -0.25) is 9.78 Å². The van der Waals surface area contributed by atoms with Crippen LogP contribution in [0.1, 0.15) is 24.6 Å². The van der Waals surface area contributed by atoms with E-state index in [0.717, 1.165) is 17.4 Å². The van der Waals surface area contributed by atoms with Crippen molar-refractivity contribution in [3.63, 3.8) is 0 Å². The van der Waals surface area contributed by atoms with Gasteiger partial charge >= 0.3 is 0 Å². The Morgan fingerprint density at radius 2 is 2.41 bits per heavy atom. The van der Waals surface area contributed by atoms with E-state index in [-0.39, 0.29) is 6.04 Å². The number of Topliss-reactive ketones (excluding diaryl/α,β-unsaturated/α-hetero) is 1. The summed E-state index contributed by atoms with van der Waals surface area (Å²) in [6.07, 6.45) is 4.91. The first-order valence-corrected chi connectivity index (χ1v) is 5.90. The minimum absolute atomic E-state index is 0.147. The number of fused-ring (bicyclic) bond motifs is 1. The Balaban J connectivity index is 2.05. The van der Waals surface area contributed by atoms with Crippen LogP contribution in [0.3, 0.4) is 0 Å². The van der Waals surface area contributed by atoms with Gasteiger partial charge in [-0.1, -0.05) is 0 Å². The van der Waals surface area contributed by atoms with Gasteiger partial charge in [-0.2, -0.15) is 0 Å². The number of aromatic nitrogens is 2. The van der Waals surface area contributed by atoms with E-state index in [2.05, 4.69) is 20.9 Å². The zero-order valence-electron chi connectivity index (χ0n) is 9.81. The van der Waals surface area contributed by atoms with E-state index in [9.17, 15) is 4.79 Å². The van der Waals surface area contributed by atoms with E-state index in [4.69, 9.17) is 0 Å². The molecule has 4 nitrogen and oxygen atoms in total. The van der Waals surface area contributed by atoms with Gasteiger partial charge in [0.2, 0.25) is 0 Å². The molecule has 1 fully saturated rings. The fourth-order valence-corrected chi connectivity index (χ4v) is 2.54. The molecule has 3 rings (SSSR count). The number of rotatable bonds is 1. The Labute approximate surface area is 99.6 Å². The first kappa shape index (κ1) is 10.5. The monoisotopic (exact) mass is 229 g/mol. The van der Waals surface area contributed by atoms with Gasteiger partial charge in [0.1, 0.15) is 5.78 Å². The number of ketones is 1. The van der Waals surface area contributed by atoms with Crippen LogP contribution in [0.25, 0.3) is 10.9 Å². The molecule has 4 heteroatoms. The number of aryl methyl sites for hydroxylation is 1. The highest BCUT2D eigenvalue weighted by atomic mass is 16.1. The lowest BCUT2D eigenvalue weighted by Gasteiger charge is -2.23. The average molecular weight is 229 g/mol. The number of nitrogens with one attached hydrogen (secondary N) is 1. The first-order valence-electron chi connectivity index (χ1n) is 5.90. The molecule has 0 spiro atoms. The molecule has 1 aliphatic rings. The van der Waals surface area contributed by atoms with Crippen molar-refractivity contribution in [3.8, 4) is 0 Å². The van der Waals surface area contributed by atoms with Gasteiger partial charge in [0.05, 0.1) is 11.6 Å². The van der Waals surface area contributed by atoms with E-state index in [1.54, 1.807) is 6.20 Å². The van der Waals surface area contributed by atoms with Crippen molar-refractivity contribution in [2.45, 2.75) is 18.9 Å². The molecule has 0 aliphatic carbocycles. The lowest BCUT2D eigenvalue weighted by Crippen LogP contribution is -2.32. The van der Waals surface area contributed by atoms with Crippen LogP contribution >= 0.6 is 0 Å². The summed E-state index contributed by atoms with van der Waals surface area (Å²) in [6, 6.07) is 4.27. The van der Waals surface area contributed by atoms with Crippen LogP contribution < -0.4 is 5.32 Å². The summed E-state index contributed by atoms with van der Waals surface area (Å²) in [6.45, 7) is 0.781. The van der Waals surface area contributed by atoms with Crippen LogP contribution in [0.5, 0.6) is 0 Å². The number of carbonyl (C=O) groups excluding carboxylic acids is 1. The molecule has 0 amide bonds. The van der Waals surface area contributed by atoms with Gasteiger partial charge in [0, 0.05) is 49.9 Å². The smallest absolute Gasteiger partial charge is 0.136 e. The van der Waals surface area contributed by atoms with E-state index >= 15 is 0 Å². The molecule has 1 saturated heterocycles. The van der Waals surface area contributed by atoms with Crippen LogP contribution in [-0.2, 0) is 11.8 Å². The first-order chi connectivity index (χ1) is 8.25. The van der Waals surface area contributed by atoms with Crippen molar-refractivity contribution in [2.24, 2.45) is 7.05 Å². The molecule has 2 aromatic heterocycles. The summed E-state index contributed by atoms with van der Waals surface area (Å²) in [4.78, 5) is 15.6. The molecule has 0 radical (unpaired) electrons. The fourth-order valence-electron chi connectivity index (χ4n) is 2.54. The molecular weight excluding hydrogens is 214 g/mol. The summed E-state index contributed by atoms with van der Waals surface area (Å²) in [5, 5.41) is 4.53. The van der Waals surface area contributed by atoms with Crippen LogP contribution in [0.4, 0.5) is 0 Å². The van der Waals surface area contributed by atoms with Gasteiger partial charge in [-0.15, -0.1) is 0 Å². The van der Waals surface area contributed by atoms with Crippen molar-refractivity contribution in [2.75, 3.05) is 6.54 Å². The maximum absolute atomic E-state index is 11.5. The van der Waals surface area contributed by atoms with Crippen LogP contribution in [0.2, 0.25) is 0 Å². The normalized spacial score (nSPS) is 21.0. The Hall–Kier alpha value is -1.68. The zero-order valence-corrected chi connectivity index (χ0v) is 9.81. The van der Waals surface area contributed by atoms with Crippen molar-refractivity contribution < 1.29 is 4.79 Å². The van der Waals surface area contributed by atoms with Crippen molar-refractivity contribution >= 4 is 16.7 Å². The molecule has 0 aromatic carbocycles. The lowest BCUT2D eigenvalue weighted by atomic mass is 10.0. The Morgan fingerprint density at radius 1 is 1.53 bits per heavy atom. The summed E-state index contributed by atoms with van der Waals surface area (Å²) in [5.74, 6) is 0.345. The number of nitrogens with zero attached hydrogens (tertiary/aromatic N) is 2. The third kappa shape index (κ3) is 1.74. The van der Waals surface area contributed by atoms with Gasteiger partial charge in [-0.25, -0.2) is 0 Å². The van der Waals surface area contributed by atoms with E-state index in [0.29, 0.717) is 18.6 Å². The minimum Gasteiger partial charge on any atom is -0.346 e. The summed E-state index contributed by atoms with van der Waals surface area (Å²) in [5.41, 5.74) is 2.33. The van der Waals surface area contributed by atoms with Crippen LogP contribution in [0.15, 0.2) is 24.5 Å². The van der Waals surface area contributed by atoms with Crippen LogP contribution in [-0.4, -0.2) is 21.9 Å². The van der Waals surface area contributed by atoms with E-state index < -0.39 is 0 Å². The molecule has 88 valence electrons. The molecule has 1 atom stereocenters. The second kappa shape index (κ2) is 3.96. The third-order valence-corrected chi connectivity index (χ3v) is 3.46. The maximum Gasteiger partial charge on any atom is 0.136 e. The number of hydrogen-bond acceptors (Lipinski definition) is 3. The van der Waals surface area contributed by atoms with Gasteiger partial charge in [0.15, 0.2) is 0 Å². The molecule has 2 aromatic rings. The van der Waals surface area contributed by atoms with E-state index in [1.807, 2.05) is 19.3 Å². The SMILES string of the molecule is Cn1c(C2CC(=O)CCN2)cc2cnccc21. The van der Waals surface area contributed by atoms with Gasteiger partial charge in [0.25, 0.3) is 0 Å². The predicted molar refractivity (Wildman–Crippen MR) is 65.7 cm³/mol. The average Bonchev–Trinajstić information content (AvgIpc) is 2.68. The van der Waals surface area contributed by atoms with Crippen molar-refractivity contribution in [1.29, 1.82) is 0 Å². The molecular formula is C13H15N3O. The molecule has 1 aliphatic heterocycles. The highest BCUT2D eigenvalue weighted by Gasteiger charge is 2.23. The lowest BCUT2D eigenvalue weighted by molar-refractivity contribution is -0.120. The molecule has 1 N–H and O–H groups in total. The molecule has 17 heavy (non-hydrogen) atoms. The standard InChI is InChI=1S/C13H15N3O/c1-16-12-3-4-14-8-9(12)6-13(16)11-7-10(17)2-5-15-11/h3-4,6,8,11,15H,2,5,7H2,1H3. The second-order valence-corrected chi connectivity index (χ2v) is 4.56. The molecule has 3 heterocycles. The highest BCUT2D eigenvalue weighted by Crippen LogP contribution is 2.26. The predicted octanol–water partition coefficient (Wildman–Crippen LogP) is 1.57. The van der Waals surface area contributed by atoms with Crippen LogP contribution in [0, 0.1) is 0 Å². The number of pyridine rings is 1. The number of piperidine rings is 1. The third-order valence-electron chi connectivity index (χ3n) is 3.46. The van der Waals surface area contributed by atoms with Gasteiger partial charge < -0.3 is 9.88 Å². The Bertz CT molecular complexity index is 573. The van der Waals surface area contributed by atoms with Gasteiger partial charge in [-0.05, 0) is 12.1 Å². The highest BCUT2D eigenvalue weighted by molar-refractivity contribution is 5.82. The fraction of sp³-hybridized carbons (Fsp3) is 0.385. The summed E-state index contributed by atoms with van der Waals surface area (Å²) >= 11 is 0. The van der Waals surface area contributed by atoms with E-state index in [1.165, 1.54) is 5.69 Å². The number of carbonyl (C=O) groups is 1. The second-order valence-electron chi connectivity index (χ2n) is 4.56. The summed E-state index contributed by atoms with van der Waals surface area (Å²) in [7, 11) is 2.04. The Kier molecular flexibility index (Phi) is 2.44. The van der Waals surface area contributed by atoms with Crippen molar-refractivity contribution in [3.05, 3.63) is 30.2 Å². The topological polar surface area (TPSA) is 46.9 Å². The quantitative estimate of drug-likeness (QED) is 0.807. The minimum atomic E-state index is 0.147. The largest absolute Gasteiger partial charge is 0.346 e.